The van der Waals surface area contributed by atoms with E-state index in [1.54, 1.807) is 61.5 Å². The first-order chi connectivity index (χ1) is 16.4. The summed E-state index contributed by atoms with van der Waals surface area (Å²) in [7, 11) is 1.54. The summed E-state index contributed by atoms with van der Waals surface area (Å²) in [5.41, 5.74) is 0.981. The van der Waals surface area contributed by atoms with Gasteiger partial charge in [-0.1, -0.05) is 36.0 Å². The molecule has 34 heavy (non-hydrogen) atoms. The predicted molar refractivity (Wildman–Crippen MR) is 131 cm³/mol. The summed E-state index contributed by atoms with van der Waals surface area (Å²) in [5, 5.41) is 13.8. The quantitative estimate of drug-likeness (QED) is 0.182. The van der Waals surface area contributed by atoms with E-state index in [1.165, 1.54) is 29.9 Å². The molecule has 1 amide bonds. The summed E-state index contributed by atoms with van der Waals surface area (Å²) >= 11 is 1.11. The second kappa shape index (κ2) is 9.75. The summed E-state index contributed by atoms with van der Waals surface area (Å²) < 4.78 is 6.75. The Labute approximate surface area is 198 Å². The van der Waals surface area contributed by atoms with Crippen LogP contribution in [0.3, 0.4) is 0 Å². The number of nitro groups is 1. The van der Waals surface area contributed by atoms with Crippen LogP contribution in [0.25, 0.3) is 16.6 Å². The van der Waals surface area contributed by atoms with E-state index in [2.05, 4.69) is 10.3 Å². The van der Waals surface area contributed by atoms with E-state index in [9.17, 15) is 19.7 Å². The van der Waals surface area contributed by atoms with Gasteiger partial charge >= 0.3 is 0 Å². The molecule has 4 rings (SSSR count). The first-order valence-electron chi connectivity index (χ1n) is 10.3. The Kier molecular flexibility index (Phi) is 6.60. The van der Waals surface area contributed by atoms with Crippen molar-refractivity contribution in [2.75, 3.05) is 12.4 Å². The minimum Gasteiger partial charge on any atom is -0.497 e. The second-order valence-corrected chi connectivity index (χ2v) is 8.62. The minimum absolute atomic E-state index is 0.124. The molecule has 1 N–H and O–H groups in total. The lowest BCUT2D eigenvalue weighted by Crippen LogP contribution is -2.26. The molecule has 0 bridgehead atoms. The molecule has 1 aromatic heterocycles. The zero-order valence-electron chi connectivity index (χ0n) is 18.3. The Morgan fingerprint density at radius 2 is 1.88 bits per heavy atom. The van der Waals surface area contributed by atoms with E-state index >= 15 is 0 Å². The van der Waals surface area contributed by atoms with Gasteiger partial charge in [-0.05, 0) is 37.3 Å². The van der Waals surface area contributed by atoms with Gasteiger partial charge in [-0.2, -0.15) is 0 Å². The Morgan fingerprint density at radius 3 is 2.65 bits per heavy atom. The average Bonchev–Trinajstić information content (AvgIpc) is 2.84. The molecule has 10 heteroatoms. The lowest BCUT2D eigenvalue weighted by Gasteiger charge is -2.17. The summed E-state index contributed by atoms with van der Waals surface area (Å²) in [6.45, 7) is 1.68. The van der Waals surface area contributed by atoms with E-state index in [1.807, 2.05) is 0 Å². The molecule has 172 valence electrons. The van der Waals surface area contributed by atoms with Gasteiger partial charge in [0.2, 0.25) is 5.91 Å². The number of rotatable bonds is 7. The highest BCUT2D eigenvalue weighted by Gasteiger charge is 2.21. The molecule has 3 aromatic carbocycles. The van der Waals surface area contributed by atoms with Gasteiger partial charge in [-0.3, -0.25) is 24.3 Å². The number of nitro benzene ring substituents is 1. The van der Waals surface area contributed by atoms with Crippen LogP contribution in [0.4, 0.5) is 11.4 Å². The molecule has 0 fully saturated rings. The first kappa shape index (κ1) is 23.0. The molecule has 0 unspecified atom stereocenters. The fourth-order valence-corrected chi connectivity index (χ4v) is 4.25. The fraction of sp³-hybridized carbons (Fsp3) is 0.125. The number of nitrogens with one attached hydrogen (secondary N) is 1. The number of hydrogen-bond donors (Lipinski definition) is 1. The number of thioether (sulfide) groups is 1. The Balaban J connectivity index is 1.70. The Hall–Kier alpha value is -4.18. The highest BCUT2D eigenvalue weighted by molar-refractivity contribution is 8.00. The fourth-order valence-electron chi connectivity index (χ4n) is 3.32. The van der Waals surface area contributed by atoms with Crippen LogP contribution in [-0.4, -0.2) is 32.7 Å². The summed E-state index contributed by atoms with van der Waals surface area (Å²) in [4.78, 5) is 41.4. The Morgan fingerprint density at radius 1 is 1.12 bits per heavy atom. The van der Waals surface area contributed by atoms with Crippen molar-refractivity contribution in [1.29, 1.82) is 0 Å². The molecule has 0 aliphatic heterocycles. The smallest absolute Gasteiger partial charge is 0.271 e. The number of non-ortho nitro benzene ring substituents is 1. The van der Waals surface area contributed by atoms with Crippen molar-refractivity contribution < 1.29 is 14.5 Å². The Bertz CT molecular complexity index is 1450. The SMILES string of the molecule is COc1cccc(-n2c(S[C@H](C)C(=O)Nc3cccc([N+](=O)[O-])c3)nc3ccccc3c2=O)c1. The lowest BCUT2D eigenvalue weighted by atomic mass is 10.2. The number of para-hydroxylation sites is 1. The molecular formula is C24H20N4O5S. The van der Waals surface area contributed by atoms with Crippen LogP contribution in [0.2, 0.25) is 0 Å². The minimum atomic E-state index is -0.663. The standard InChI is InChI=1S/C24H20N4O5S/c1-15(22(29)25-16-7-5-9-18(13-16)28(31)32)34-24-26-21-12-4-3-11-20(21)23(30)27(24)17-8-6-10-19(14-17)33-2/h3-15H,1-2H3,(H,25,29)/t15-/m1/s1. The van der Waals surface area contributed by atoms with E-state index in [0.717, 1.165) is 11.8 Å². The maximum atomic E-state index is 13.4. The number of carbonyl (C=O) groups excluding carboxylic acids is 1. The lowest BCUT2D eigenvalue weighted by molar-refractivity contribution is -0.384. The van der Waals surface area contributed by atoms with Crippen molar-refractivity contribution in [1.82, 2.24) is 9.55 Å². The summed E-state index contributed by atoms with van der Waals surface area (Å²) in [5.74, 6) is 0.190. The molecule has 1 atom stereocenters. The average molecular weight is 477 g/mol. The van der Waals surface area contributed by atoms with Gasteiger partial charge in [0.15, 0.2) is 5.16 Å². The molecule has 4 aromatic rings. The number of nitrogens with zero attached hydrogens (tertiary/aromatic N) is 3. The first-order valence-corrected chi connectivity index (χ1v) is 11.1. The topological polar surface area (TPSA) is 116 Å². The van der Waals surface area contributed by atoms with Crippen molar-refractivity contribution in [2.24, 2.45) is 0 Å². The summed E-state index contributed by atoms with van der Waals surface area (Å²) in [6.07, 6.45) is 0. The van der Waals surface area contributed by atoms with E-state index < -0.39 is 10.2 Å². The van der Waals surface area contributed by atoms with Crippen LogP contribution < -0.4 is 15.6 Å². The normalized spacial score (nSPS) is 11.7. The molecule has 9 nitrogen and oxygen atoms in total. The molecule has 1 heterocycles. The molecular weight excluding hydrogens is 456 g/mol. The third kappa shape index (κ3) is 4.76. The van der Waals surface area contributed by atoms with Gasteiger partial charge in [0.25, 0.3) is 11.2 Å². The maximum Gasteiger partial charge on any atom is 0.271 e. The zero-order chi connectivity index (χ0) is 24.2. The van der Waals surface area contributed by atoms with Gasteiger partial charge < -0.3 is 10.1 Å². The van der Waals surface area contributed by atoms with Crippen LogP contribution in [0.1, 0.15) is 6.92 Å². The van der Waals surface area contributed by atoms with Gasteiger partial charge in [-0.15, -0.1) is 0 Å². The highest BCUT2D eigenvalue weighted by Crippen LogP contribution is 2.27. The molecule has 0 radical (unpaired) electrons. The van der Waals surface area contributed by atoms with Crippen molar-refractivity contribution in [3.8, 4) is 11.4 Å². The zero-order valence-corrected chi connectivity index (χ0v) is 19.1. The number of hydrogen-bond acceptors (Lipinski definition) is 7. The predicted octanol–water partition coefficient (Wildman–Crippen LogP) is 4.42. The van der Waals surface area contributed by atoms with Gasteiger partial charge in [0.1, 0.15) is 5.75 Å². The molecule has 0 spiro atoms. The highest BCUT2D eigenvalue weighted by atomic mass is 32.2. The van der Waals surface area contributed by atoms with Crippen molar-refractivity contribution >= 4 is 39.9 Å². The van der Waals surface area contributed by atoms with Crippen LogP contribution in [0, 0.1) is 10.1 Å². The van der Waals surface area contributed by atoms with Crippen LogP contribution in [0.15, 0.2) is 82.7 Å². The summed E-state index contributed by atoms with van der Waals surface area (Å²) in [6, 6.07) is 19.7. The number of amides is 1. The van der Waals surface area contributed by atoms with Gasteiger partial charge in [0, 0.05) is 23.9 Å². The monoisotopic (exact) mass is 476 g/mol. The van der Waals surface area contributed by atoms with Crippen molar-refractivity contribution in [2.45, 2.75) is 17.3 Å². The number of ether oxygens (including phenoxy) is 1. The molecule has 0 aliphatic rings. The third-order valence-corrected chi connectivity index (χ3v) is 6.08. The second-order valence-electron chi connectivity index (χ2n) is 7.31. The molecule has 0 aliphatic carbocycles. The van der Waals surface area contributed by atoms with Gasteiger partial charge in [0.05, 0.1) is 33.9 Å². The van der Waals surface area contributed by atoms with Gasteiger partial charge in [-0.25, -0.2) is 4.98 Å². The van der Waals surface area contributed by atoms with E-state index in [4.69, 9.17) is 4.74 Å². The van der Waals surface area contributed by atoms with Crippen molar-refractivity contribution in [3.05, 3.63) is 93.3 Å². The van der Waals surface area contributed by atoms with Crippen molar-refractivity contribution in [3.63, 3.8) is 0 Å². The molecule has 0 saturated carbocycles. The number of fused-ring (bicyclic) bond motifs is 1. The largest absolute Gasteiger partial charge is 0.497 e. The van der Waals surface area contributed by atoms with Crippen LogP contribution >= 0.6 is 11.8 Å². The third-order valence-electron chi connectivity index (χ3n) is 5.03. The number of anilines is 1. The molecule has 0 saturated heterocycles. The van der Waals surface area contributed by atoms with E-state index in [0.29, 0.717) is 33.2 Å². The number of benzene rings is 3. The van der Waals surface area contributed by atoms with E-state index in [-0.39, 0.29) is 17.2 Å². The van der Waals surface area contributed by atoms with Crippen LogP contribution in [0.5, 0.6) is 5.75 Å². The number of methoxy groups -OCH3 is 1. The van der Waals surface area contributed by atoms with Crippen LogP contribution in [-0.2, 0) is 4.79 Å². The number of carbonyl (C=O) groups is 1. The maximum absolute atomic E-state index is 13.4. The number of aromatic nitrogens is 2.